The number of nitrogens with zero attached hydrogens (tertiary/aromatic N) is 1. The fraction of sp³-hybridized carbons (Fsp3) is 0.923. The number of aliphatic imine (C=N–C) groups is 1. The number of unbranched alkanes of at least 4 members (excludes halogenated alkanes) is 2. The Hall–Kier alpha value is 0.170. The lowest BCUT2D eigenvalue weighted by Gasteiger charge is -2.25. The summed E-state index contributed by atoms with van der Waals surface area (Å²) < 4.78 is 0. The van der Waals surface area contributed by atoms with Crippen molar-refractivity contribution in [2.45, 2.75) is 51.5 Å². The zero-order valence-corrected chi connectivity index (χ0v) is 13.1. The van der Waals surface area contributed by atoms with E-state index in [2.05, 4.69) is 30.4 Å². The maximum Gasteiger partial charge on any atom is 0.157 e. The highest BCUT2D eigenvalue weighted by Gasteiger charge is 2.33. The van der Waals surface area contributed by atoms with E-state index in [-0.39, 0.29) is 0 Å². The van der Waals surface area contributed by atoms with E-state index in [9.17, 15) is 0 Å². The van der Waals surface area contributed by atoms with Crippen molar-refractivity contribution >= 4 is 28.7 Å². The fourth-order valence-corrected chi connectivity index (χ4v) is 3.79. The summed E-state index contributed by atoms with van der Waals surface area (Å²) in [5.74, 6) is 2.48. The summed E-state index contributed by atoms with van der Waals surface area (Å²) in [6.45, 7) is 5.53. The van der Waals surface area contributed by atoms with Gasteiger partial charge in [-0.15, -0.1) is 0 Å². The Morgan fingerprint density at radius 2 is 2.06 bits per heavy atom. The van der Waals surface area contributed by atoms with Crippen LogP contribution >= 0.6 is 23.5 Å². The Balaban J connectivity index is 2.19. The largest absolute Gasteiger partial charge is 0.359 e. The fourth-order valence-electron chi connectivity index (χ4n) is 1.94. The van der Waals surface area contributed by atoms with Crippen LogP contribution in [0.4, 0.5) is 0 Å². The third-order valence-electron chi connectivity index (χ3n) is 3.47. The maximum absolute atomic E-state index is 4.67. The number of amidine groups is 1. The number of hydrogen-bond donors (Lipinski definition) is 1. The van der Waals surface area contributed by atoms with Gasteiger partial charge in [0, 0.05) is 17.8 Å². The molecule has 0 bridgehead atoms. The second-order valence-corrected chi connectivity index (χ2v) is 6.59. The second-order valence-electron chi connectivity index (χ2n) is 4.64. The van der Waals surface area contributed by atoms with E-state index in [1.807, 2.05) is 23.5 Å². The molecule has 0 saturated carbocycles. The van der Waals surface area contributed by atoms with Crippen molar-refractivity contribution in [3.63, 3.8) is 0 Å². The molecule has 1 aliphatic rings. The summed E-state index contributed by atoms with van der Waals surface area (Å²) in [5.41, 5.74) is 0.322. The first-order chi connectivity index (χ1) is 8.26. The molecule has 4 heteroatoms. The van der Waals surface area contributed by atoms with Crippen LogP contribution in [-0.4, -0.2) is 35.0 Å². The Kier molecular flexibility index (Phi) is 7.44. The van der Waals surface area contributed by atoms with Crippen LogP contribution in [0, 0.1) is 0 Å². The molecular weight excluding hydrogens is 248 g/mol. The van der Waals surface area contributed by atoms with Crippen molar-refractivity contribution in [3.8, 4) is 0 Å². The van der Waals surface area contributed by atoms with Gasteiger partial charge in [0.1, 0.15) is 0 Å². The van der Waals surface area contributed by atoms with E-state index < -0.39 is 0 Å². The number of thioether (sulfide) groups is 2. The zero-order chi connectivity index (χ0) is 12.6. The molecule has 100 valence electrons. The predicted molar refractivity (Wildman–Crippen MR) is 83.4 cm³/mol. The lowest BCUT2D eigenvalue weighted by molar-refractivity contribution is 0.407. The number of rotatable bonds is 8. The lowest BCUT2D eigenvalue weighted by atomic mass is 9.96. The van der Waals surface area contributed by atoms with Crippen molar-refractivity contribution < 1.29 is 0 Å². The Bertz CT molecular complexity index is 238. The summed E-state index contributed by atoms with van der Waals surface area (Å²) in [6, 6.07) is 0. The molecule has 1 heterocycles. The van der Waals surface area contributed by atoms with E-state index in [0.717, 1.165) is 6.54 Å². The normalized spacial score (nSPS) is 20.8. The average Bonchev–Trinajstić information content (AvgIpc) is 2.78. The molecule has 0 amide bonds. The third-order valence-corrected chi connectivity index (χ3v) is 5.37. The number of nitrogens with one attached hydrogen (secondary N) is 1. The SMILES string of the molecule is CCC1(CC)CSC(=NCCCCCSC)N1. The zero-order valence-electron chi connectivity index (χ0n) is 11.4. The van der Waals surface area contributed by atoms with Gasteiger partial charge in [0.15, 0.2) is 5.17 Å². The smallest absolute Gasteiger partial charge is 0.157 e. The Morgan fingerprint density at radius 3 is 2.65 bits per heavy atom. The van der Waals surface area contributed by atoms with Gasteiger partial charge in [-0.05, 0) is 37.7 Å². The van der Waals surface area contributed by atoms with E-state index >= 15 is 0 Å². The maximum atomic E-state index is 4.67. The van der Waals surface area contributed by atoms with Gasteiger partial charge < -0.3 is 5.32 Å². The van der Waals surface area contributed by atoms with Crippen LogP contribution in [0.1, 0.15) is 46.0 Å². The first-order valence-corrected chi connectivity index (χ1v) is 9.08. The van der Waals surface area contributed by atoms with Crippen molar-refractivity contribution in [3.05, 3.63) is 0 Å². The highest BCUT2D eigenvalue weighted by molar-refractivity contribution is 8.14. The summed E-state index contributed by atoms with van der Waals surface area (Å²) in [4.78, 5) is 4.67. The molecule has 1 fully saturated rings. The van der Waals surface area contributed by atoms with Crippen LogP contribution in [0.25, 0.3) is 0 Å². The molecule has 0 aliphatic carbocycles. The lowest BCUT2D eigenvalue weighted by Crippen LogP contribution is -2.42. The van der Waals surface area contributed by atoms with Gasteiger partial charge in [-0.3, -0.25) is 4.99 Å². The molecule has 1 N–H and O–H groups in total. The Labute approximate surface area is 115 Å². The molecule has 0 atom stereocenters. The number of hydrogen-bond acceptors (Lipinski definition) is 3. The predicted octanol–water partition coefficient (Wildman–Crippen LogP) is 3.77. The van der Waals surface area contributed by atoms with Crippen LogP contribution < -0.4 is 5.32 Å². The topological polar surface area (TPSA) is 24.4 Å². The highest BCUT2D eigenvalue weighted by Crippen LogP contribution is 2.28. The molecule has 1 rings (SSSR count). The molecule has 1 aliphatic heterocycles. The van der Waals surface area contributed by atoms with Gasteiger partial charge in [-0.1, -0.05) is 32.0 Å². The second kappa shape index (κ2) is 8.30. The minimum atomic E-state index is 0.322. The van der Waals surface area contributed by atoms with Crippen molar-refractivity contribution in [2.24, 2.45) is 4.99 Å². The first kappa shape index (κ1) is 15.2. The van der Waals surface area contributed by atoms with Crippen LogP contribution in [0.3, 0.4) is 0 Å². The highest BCUT2D eigenvalue weighted by atomic mass is 32.2. The Morgan fingerprint density at radius 1 is 1.29 bits per heavy atom. The molecule has 0 unspecified atom stereocenters. The van der Waals surface area contributed by atoms with Gasteiger partial charge in [-0.25, -0.2) is 0 Å². The van der Waals surface area contributed by atoms with Gasteiger partial charge in [-0.2, -0.15) is 11.8 Å². The molecule has 0 aromatic rings. The van der Waals surface area contributed by atoms with Crippen LogP contribution in [0.5, 0.6) is 0 Å². The minimum absolute atomic E-state index is 0.322. The standard InChI is InChI=1S/C13H26N2S2/c1-4-13(5-2)11-17-12(15-13)14-9-7-6-8-10-16-3/h4-11H2,1-3H3,(H,14,15). The minimum Gasteiger partial charge on any atom is -0.359 e. The van der Waals surface area contributed by atoms with E-state index in [1.165, 1.54) is 48.8 Å². The summed E-state index contributed by atoms with van der Waals surface area (Å²) in [5, 5.41) is 4.79. The molecule has 0 aromatic heterocycles. The summed E-state index contributed by atoms with van der Waals surface area (Å²) in [6.07, 6.45) is 8.45. The summed E-state index contributed by atoms with van der Waals surface area (Å²) >= 11 is 3.84. The monoisotopic (exact) mass is 274 g/mol. The van der Waals surface area contributed by atoms with Gasteiger partial charge >= 0.3 is 0 Å². The molecule has 0 spiro atoms. The van der Waals surface area contributed by atoms with Crippen molar-refractivity contribution in [1.29, 1.82) is 0 Å². The third kappa shape index (κ3) is 5.12. The summed E-state index contributed by atoms with van der Waals surface area (Å²) in [7, 11) is 0. The average molecular weight is 274 g/mol. The van der Waals surface area contributed by atoms with Crippen LogP contribution in [0.15, 0.2) is 4.99 Å². The van der Waals surface area contributed by atoms with Crippen molar-refractivity contribution in [2.75, 3.05) is 24.3 Å². The molecule has 2 nitrogen and oxygen atoms in total. The van der Waals surface area contributed by atoms with E-state index in [0.29, 0.717) is 5.54 Å². The van der Waals surface area contributed by atoms with E-state index in [4.69, 9.17) is 0 Å². The molecule has 1 saturated heterocycles. The molecule has 0 aromatic carbocycles. The first-order valence-electron chi connectivity index (χ1n) is 6.70. The van der Waals surface area contributed by atoms with Crippen molar-refractivity contribution in [1.82, 2.24) is 5.32 Å². The molecule has 0 radical (unpaired) electrons. The van der Waals surface area contributed by atoms with E-state index in [1.54, 1.807) is 0 Å². The van der Waals surface area contributed by atoms with Gasteiger partial charge in [0.25, 0.3) is 0 Å². The quantitative estimate of drug-likeness (QED) is 0.682. The molecule has 17 heavy (non-hydrogen) atoms. The molecular formula is C13H26N2S2. The van der Waals surface area contributed by atoms with Gasteiger partial charge in [0.05, 0.1) is 0 Å². The van der Waals surface area contributed by atoms with Crippen LogP contribution in [-0.2, 0) is 0 Å². The van der Waals surface area contributed by atoms with Gasteiger partial charge in [0.2, 0.25) is 0 Å². The van der Waals surface area contributed by atoms with Crippen LogP contribution in [0.2, 0.25) is 0 Å².